The van der Waals surface area contributed by atoms with Gasteiger partial charge in [-0.05, 0) is 38.1 Å². The van der Waals surface area contributed by atoms with Crippen LogP contribution in [0.2, 0.25) is 0 Å². The van der Waals surface area contributed by atoms with Gasteiger partial charge in [0, 0.05) is 56.1 Å². The van der Waals surface area contributed by atoms with Crippen LogP contribution in [-0.4, -0.2) is 77.7 Å². The van der Waals surface area contributed by atoms with E-state index in [1.165, 1.54) is 0 Å². The number of hydrogen-bond donors (Lipinski definition) is 0. The van der Waals surface area contributed by atoms with Crippen LogP contribution in [0.25, 0.3) is 22.5 Å². The molecule has 8 nitrogen and oxygen atoms in total. The minimum absolute atomic E-state index is 0.394. The van der Waals surface area contributed by atoms with E-state index in [1.807, 2.05) is 18.2 Å². The zero-order valence-corrected chi connectivity index (χ0v) is 17.5. The molecule has 0 N–H and O–H groups in total. The second-order valence-corrected chi connectivity index (χ2v) is 8.29. The van der Waals surface area contributed by atoms with Crippen molar-refractivity contribution in [1.29, 1.82) is 0 Å². The quantitative estimate of drug-likeness (QED) is 0.555. The molecule has 8 heteroatoms. The second-order valence-electron chi connectivity index (χ2n) is 8.29. The van der Waals surface area contributed by atoms with E-state index in [0.717, 1.165) is 80.9 Å². The number of aldehydes is 1. The summed E-state index contributed by atoms with van der Waals surface area (Å²) < 4.78 is 13.2. The number of rotatable bonds is 7. The average molecular weight is 409 g/mol. The molecule has 3 heterocycles. The highest BCUT2D eigenvalue weighted by molar-refractivity contribution is 6.04. The summed E-state index contributed by atoms with van der Waals surface area (Å²) in [7, 11) is 3.79. The monoisotopic (exact) mass is 409 g/mol. The van der Waals surface area contributed by atoms with E-state index in [4.69, 9.17) is 9.26 Å². The van der Waals surface area contributed by atoms with Gasteiger partial charge in [-0.1, -0.05) is 5.16 Å². The van der Waals surface area contributed by atoms with E-state index in [0.29, 0.717) is 23.1 Å². The SMILES string of the molecule is COc1ccc2c(c1)c(C=O)c(-c1nc(C3CC3)no1)n2CCN1CCN(C)CC1. The molecule has 1 saturated carbocycles. The molecule has 2 fully saturated rings. The minimum atomic E-state index is 0.394. The predicted molar refractivity (Wildman–Crippen MR) is 113 cm³/mol. The summed E-state index contributed by atoms with van der Waals surface area (Å²) in [6.45, 7) is 5.89. The van der Waals surface area contributed by atoms with Crippen molar-refractivity contribution in [2.45, 2.75) is 25.3 Å². The van der Waals surface area contributed by atoms with Gasteiger partial charge < -0.3 is 18.7 Å². The van der Waals surface area contributed by atoms with Crippen molar-refractivity contribution in [1.82, 2.24) is 24.5 Å². The van der Waals surface area contributed by atoms with Crippen molar-refractivity contribution < 1.29 is 14.1 Å². The number of likely N-dealkylation sites (N-methyl/N-ethyl adjacent to an activating group) is 1. The number of piperazine rings is 1. The number of carbonyl (C=O) groups excluding carboxylic acids is 1. The molecule has 1 saturated heterocycles. The molecule has 1 aliphatic carbocycles. The molecule has 1 aromatic carbocycles. The molecule has 3 aromatic rings. The summed E-state index contributed by atoms with van der Waals surface area (Å²) in [5, 5.41) is 5.03. The number of fused-ring (bicyclic) bond motifs is 1. The predicted octanol–water partition coefficient (Wildman–Crippen LogP) is 2.64. The summed E-state index contributed by atoms with van der Waals surface area (Å²) in [5.74, 6) is 2.28. The van der Waals surface area contributed by atoms with Crippen LogP contribution in [0.4, 0.5) is 0 Å². The zero-order valence-electron chi connectivity index (χ0n) is 17.5. The number of ether oxygens (including phenoxy) is 1. The fourth-order valence-corrected chi connectivity index (χ4v) is 4.22. The highest BCUT2D eigenvalue weighted by Gasteiger charge is 2.31. The standard InChI is InChI=1S/C22H27N5O3/c1-25-7-9-26(10-8-25)11-12-27-19-6-5-16(29-2)13-17(19)18(14-28)20(27)22-23-21(24-30-22)15-3-4-15/h5-6,13-15H,3-4,7-12H2,1-2H3. The van der Waals surface area contributed by atoms with E-state index in [-0.39, 0.29) is 0 Å². The first kappa shape index (κ1) is 19.3. The topological polar surface area (TPSA) is 76.6 Å². The van der Waals surface area contributed by atoms with Gasteiger partial charge in [-0.15, -0.1) is 0 Å². The summed E-state index contributed by atoms with van der Waals surface area (Å²) >= 11 is 0. The number of methoxy groups -OCH3 is 1. The van der Waals surface area contributed by atoms with E-state index in [1.54, 1.807) is 7.11 Å². The van der Waals surface area contributed by atoms with Crippen molar-refractivity contribution in [3.63, 3.8) is 0 Å². The smallest absolute Gasteiger partial charge is 0.275 e. The van der Waals surface area contributed by atoms with Crippen molar-refractivity contribution in [3.05, 3.63) is 29.6 Å². The summed E-state index contributed by atoms with van der Waals surface area (Å²) in [4.78, 5) is 21.6. The van der Waals surface area contributed by atoms with Crippen molar-refractivity contribution >= 4 is 17.2 Å². The van der Waals surface area contributed by atoms with Gasteiger partial charge in [-0.25, -0.2) is 0 Å². The van der Waals surface area contributed by atoms with Gasteiger partial charge in [0.2, 0.25) is 0 Å². The fraction of sp³-hybridized carbons (Fsp3) is 0.500. The lowest BCUT2D eigenvalue weighted by atomic mass is 10.1. The van der Waals surface area contributed by atoms with Gasteiger partial charge in [-0.2, -0.15) is 4.98 Å². The first-order valence-corrected chi connectivity index (χ1v) is 10.6. The van der Waals surface area contributed by atoms with Crippen molar-refractivity contribution in [2.24, 2.45) is 0 Å². The third-order valence-corrected chi connectivity index (χ3v) is 6.25. The molecule has 0 amide bonds. The van der Waals surface area contributed by atoms with E-state index in [2.05, 4.69) is 31.6 Å². The van der Waals surface area contributed by atoms with Crippen LogP contribution in [0, 0.1) is 0 Å². The first-order valence-electron chi connectivity index (χ1n) is 10.6. The van der Waals surface area contributed by atoms with E-state index < -0.39 is 0 Å². The average Bonchev–Trinajstić information content (AvgIpc) is 3.42. The van der Waals surface area contributed by atoms with Crippen LogP contribution < -0.4 is 4.74 Å². The van der Waals surface area contributed by atoms with Crippen LogP contribution in [0.5, 0.6) is 5.75 Å². The number of hydrogen-bond acceptors (Lipinski definition) is 7. The Morgan fingerprint density at radius 3 is 2.70 bits per heavy atom. The number of benzene rings is 1. The van der Waals surface area contributed by atoms with Crippen LogP contribution >= 0.6 is 0 Å². The Balaban J connectivity index is 1.56. The Bertz CT molecular complexity index is 1060. The molecule has 0 bridgehead atoms. The molecule has 5 rings (SSSR count). The van der Waals surface area contributed by atoms with Crippen LogP contribution in [0.3, 0.4) is 0 Å². The van der Waals surface area contributed by atoms with Gasteiger partial charge in [0.05, 0.1) is 12.7 Å². The summed E-state index contributed by atoms with van der Waals surface area (Å²) in [6, 6.07) is 5.84. The van der Waals surface area contributed by atoms with E-state index >= 15 is 0 Å². The maximum Gasteiger partial charge on any atom is 0.275 e. The number of carbonyl (C=O) groups is 1. The zero-order chi connectivity index (χ0) is 20.7. The molecular formula is C22H27N5O3. The van der Waals surface area contributed by atoms with Crippen LogP contribution in [0.15, 0.2) is 22.7 Å². The first-order chi connectivity index (χ1) is 14.7. The minimum Gasteiger partial charge on any atom is -0.497 e. The van der Waals surface area contributed by atoms with Gasteiger partial charge in [0.15, 0.2) is 12.1 Å². The molecule has 1 aliphatic heterocycles. The van der Waals surface area contributed by atoms with Crippen LogP contribution in [-0.2, 0) is 6.54 Å². The Hall–Kier alpha value is -2.71. The molecule has 0 unspecified atom stereocenters. The lowest BCUT2D eigenvalue weighted by Gasteiger charge is -2.32. The Labute approximate surface area is 175 Å². The normalized spacial score (nSPS) is 18.2. The number of nitrogens with zero attached hydrogens (tertiary/aromatic N) is 5. The Kier molecular flexibility index (Phi) is 5.04. The molecule has 0 radical (unpaired) electrons. The maximum atomic E-state index is 12.2. The van der Waals surface area contributed by atoms with Crippen LogP contribution in [0.1, 0.15) is 34.9 Å². The fourth-order valence-electron chi connectivity index (χ4n) is 4.22. The highest BCUT2D eigenvalue weighted by atomic mass is 16.5. The number of aromatic nitrogens is 3. The lowest BCUT2D eigenvalue weighted by molar-refractivity contribution is 0.112. The molecule has 2 aliphatic rings. The second kappa shape index (κ2) is 7.85. The molecule has 2 aromatic heterocycles. The van der Waals surface area contributed by atoms with Crippen molar-refractivity contribution in [2.75, 3.05) is 46.9 Å². The highest BCUT2D eigenvalue weighted by Crippen LogP contribution is 2.40. The summed E-state index contributed by atoms with van der Waals surface area (Å²) in [6.07, 6.45) is 3.09. The molecule has 0 spiro atoms. The van der Waals surface area contributed by atoms with Crippen molar-refractivity contribution in [3.8, 4) is 17.3 Å². The van der Waals surface area contributed by atoms with Gasteiger partial charge in [-0.3, -0.25) is 9.69 Å². The largest absolute Gasteiger partial charge is 0.497 e. The van der Waals surface area contributed by atoms with Gasteiger partial charge in [0.1, 0.15) is 11.4 Å². The van der Waals surface area contributed by atoms with Gasteiger partial charge >= 0.3 is 0 Å². The Morgan fingerprint density at radius 1 is 1.20 bits per heavy atom. The third-order valence-electron chi connectivity index (χ3n) is 6.25. The Morgan fingerprint density at radius 2 is 2.00 bits per heavy atom. The van der Waals surface area contributed by atoms with E-state index in [9.17, 15) is 4.79 Å². The molecular weight excluding hydrogens is 382 g/mol. The third kappa shape index (κ3) is 3.50. The molecule has 0 atom stereocenters. The lowest BCUT2D eigenvalue weighted by Crippen LogP contribution is -2.45. The molecule has 30 heavy (non-hydrogen) atoms. The maximum absolute atomic E-state index is 12.2. The summed E-state index contributed by atoms with van der Waals surface area (Å²) in [5.41, 5.74) is 2.27. The molecule has 158 valence electrons. The van der Waals surface area contributed by atoms with Gasteiger partial charge in [0.25, 0.3) is 5.89 Å².